The zero-order valence-electron chi connectivity index (χ0n) is 10.8. The number of hydrogen-bond donors (Lipinski definition) is 2. The summed E-state index contributed by atoms with van der Waals surface area (Å²) in [6, 6.07) is 5.67. The molecule has 0 radical (unpaired) electrons. The summed E-state index contributed by atoms with van der Waals surface area (Å²) in [7, 11) is 0. The van der Waals surface area contributed by atoms with Gasteiger partial charge in [-0.1, -0.05) is 35.2 Å². The van der Waals surface area contributed by atoms with Crippen molar-refractivity contribution in [3.8, 4) is 5.75 Å². The van der Waals surface area contributed by atoms with Crippen molar-refractivity contribution in [3.05, 3.63) is 22.7 Å². The first-order valence-corrected chi connectivity index (χ1v) is 7.41. The number of carbonyl (C=O) groups is 1. The lowest BCUT2D eigenvalue weighted by Gasteiger charge is -2.22. The highest BCUT2D eigenvalue weighted by atomic mass is 79.9. The fraction of sp³-hybridized carbons (Fsp3) is 0.500. The summed E-state index contributed by atoms with van der Waals surface area (Å²) in [4.78, 5) is 11.8. The van der Waals surface area contributed by atoms with Crippen LogP contribution in [0.15, 0.2) is 22.7 Å². The summed E-state index contributed by atoms with van der Waals surface area (Å²) < 4.78 is 6.33. The van der Waals surface area contributed by atoms with E-state index >= 15 is 0 Å². The lowest BCUT2D eigenvalue weighted by Crippen LogP contribution is -2.39. The van der Waals surface area contributed by atoms with Crippen molar-refractivity contribution in [2.45, 2.75) is 38.1 Å². The van der Waals surface area contributed by atoms with Gasteiger partial charge < -0.3 is 15.8 Å². The van der Waals surface area contributed by atoms with Gasteiger partial charge in [0.1, 0.15) is 5.75 Å². The minimum atomic E-state index is -0.0748. The molecule has 2 rings (SSSR count). The smallest absolute Gasteiger partial charge is 0.258 e. The second kappa shape index (κ2) is 6.80. The van der Waals surface area contributed by atoms with Gasteiger partial charge in [-0.05, 0) is 31.0 Å². The summed E-state index contributed by atoms with van der Waals surface area (Å²) in [6.45, 7) is 0.0162. The third-order valence-electron chi connectivity index (χ3n) is 3.30. The Balaban J connectivity index is 1.79. The normalized spacial score (nSPS) is 16.1. The number of benzene rings is 1. The molecule has 1 aromatic rings. The SMILES string of the molecule is Nc1cc(Br)ccc1OCC(=O)NC1CCCCC1. The highest BCUT2D eigenvalue weighted by Gasteiger charge is 2.16. The molecule has 0 atom stereocenters. The lowest BCUT2D eigenvalue weighted by molar-refractivity contribution is -0.124. The first kappa shape index (κ1) is 14.2. The fourth-order valence-corrected chi connectivity index (χ4v) is 2.69. The number of halogens is 1. The van der Waals surface area contributed by atoms with Crippen LogP contribution in [0, 0.1) is 0 Å². The van der Waals surface area contributed by atoms with E-state index in [4.69, 9.17) is 10.5 Å². The van der Waals surface area contributed by atoms with Gasteiger partial charge in [-0.2, -0.15) is 0 Å². The molecule has 0 spiro atoms. The number of nitrogens with one attached hydrogen (secondary N) is 1. The molecule has 5 heteroatoms. The molecule has 19 heavy (non-hydrogen) atoms. The summed E-state index contributed by atoms with van der Waals surface area (Å²) in [5, 5.41) is 3.01. The highest BCUT2D eigenvalue weighted by Crippen LogP contribution is 2.25. The third kappa shape index (κ3) is 4.42. The second-order valence-electron chi connectivity index (χ2n) is 4.87. The van der Waals surface area contributed by atoms with Crippen molar-refractivity contribution in [1.29, 1.82) is 0 Å². The van der Waals surface area contributed by atoms with Crippen LogP contribution in [0.25, 0.3) is 0 Å². The molecule has 3 N–H and O–H groups in total. The maximum atomic E-state index is 11.8. The van der Waals surface area contributed by atoms with Crippen LogP contribution >= 0.6 is 15.9 Å². The van der Waals surface area contributed by atoms with E-state index in [1.165, 1.54) is 19.3 Å². The molecule has 1 aliphatic carbocycles. The number of carbonyl (C=O) groups excluding carboxylic acids is 1. The van der Waals surface area contributed by atoms with Gasteiger partial charge >= 0.3 is 0 Å². The molecule has 1 amide bonds. The Bertz CT molecular complexity index is 445. The zero-order chi connectivity index (χ0) is 13.7. The van der Waals surface area contributed by atoms with Gasteiger partial charge in [-0.25, -0.2) is 0 Å². The quantitative estimate of drug-likeness (QED) is 0.836. The predicted molar refractivity (Wildman–Crippen MR) is 79.1 cm³/mol. The van der Waals surface area contributed by atoms with E-state index in [1.54, 1.807) is 12.1 Å². The van der Waals surface area contributed by atoms with Gasteiger partial charge in [-0.15, -0.1) is 0 Å². The average Bonchev–Trinajstić information content (AvgIpc) is 2.39. The Hall–Kier alpha value is -1.23. The summed E-state index contributed by atoms with van der Waals surface area (Å²) in [5.74, 6) is 0.469. The second-order valence-corrected chi connectivity index (χ2v) is 5.79. The van der Waals surface area contributed by atoms with Gasteiger partial charge in [0.25, 0.3) is 5.91 Å². The van der Waals surface area contributed by atoms with Crippen LogP contribution in [-0.4, -0.2) is 18.6 Å². The molecule has 104 valence electrons. The predicted octanol–water partition coefficient (Wildman–Crippen LogP) is 2.86. The van der Waals surface area contributed by atoms with Crippen LogP contribution in [0.1, 0.15) is 32.1 Å². The largest absolute Gasteiger partial charge is 0.482 e. The van der Waals surface area contributed by atoms with Gasteiger partial charge in [0.05, 0.1) is 5.69 Å². The minimum absolute atomic E-state index is 0.0162. The van der Waals surface area contributed by atoms with Crippen molar-refractivity contribution < 1.29 is 9.53 Å². The van der Waals surface area contributed by atoms with E-state index in [1.807, 2.05) is 6.07 Å². The highest BCUT2D eigenvalue weighted by molar-refractivity contribution is 9.10. The minimum Gasteiger partial charge on any atom is -0.482 e. The molecule has 0 aromatic heterocycles. The molecule has 0 unspecified atom stereocenters. The number of nitrogen functional groups attached to an aromatic ring is 1. The monoisotopic (exact) mass is 326 g/mol. The summed E-state index contributed by atoms with van der Waals surface area (Å²) >= 11 is 3.33. The van der Waals surface area contributed by atoms with Crippen LogP contribution in [0.2, 0.25) is 0 Å². The van der Waals surface area contributed by atoms with E-state index in [9.17, 15) is 4.79 Å². The van der Waals surface area contributed by atoms with Crippen molar-refractivity contribution in [2.24, 2.45) is 0 Å². The molecule has 4 nitrogen and oxygen atoms in total. The molecule has 0 saturated heterocycles. The van der Waals surface area contributed by atoms with E-state index in [0.717, 1.165) is 17.3 Å². The van der Waals surface area contributed by atoms with Crippen molar-refractivity contribution in [1.82, 2.24) is 5.32 Å². The van der Waals surface area contributed by atoms with Crippen LogP contribution in [0.3, 0.4) is 0 Å². The third-order valence-corrected chi connectivity index (χ3v) is 3.79. The Morgan fingerprint density at radius 1 is 1.37 bits per heavy atom. The summed E-state index contributed by atoms with van der Waals surface area (Å²) in [5.41, 5.74) is 6.33. The molecule has 1 aromatic carbocycles. The fourth-order valence-electron chi connectivity index (χ4n) is 2.31. The molecule has 0 heterocycles. The van der Waals surface area contributed by atoms with E-state index in [-0.39, 0.29) is 12.5 Å². The van der Waals surface area contributed by atoms with E-state index in [2.05, 4.69) is 21.2 Å². The van der Waals surface area contributed by atoms with Crippen LogP contribution in [-0.2, 0) is 4.79 Å². The molecule has 0 aliphatic heterocycles. The molecule has 1 aliphatic rings. The maximum Gasteiger partial charge on any atom is 0.258 e. The number of amides is 1. The van der Waals surface area contributed by atoms with E-state index in [0.29, 0.717) is 17.5 Å². The number of anilines is 1. The van der Waals surface area contributed by atoms with Crippen molar-refractivity contribution in [3.63, 3.8) is 0 Å². The van der Waals surface area contributed by atoms with Gasteiger partial charge in [0.2, 0.25) is 0 Å². The number of rotatable bonds is 4. The Morgan fingerprint density at radius 3 is 2.79 bits per heavy atom. The Labute approximate surface area is 121 Å². The molecular weight excluding hydrogens is 308 g/mol. The number of ether oxygens (including phenoxy) is 1. The molecule has 0 bridgehead atoms. The number of nitrogens with two attached hydrogens (primary N) is 1. The average molecular weight is 327 g/mol. The van der Waals surface area contributed by atoms with Crippen molar-refractivity contribution >= 4 is 27.5 Å². The Morgan fingerprint density at radius 2 is 2.11 bits per heavy atom. The van der Waals surface area contributed by atoms with E-state index < -0.39 is 0 Å². The van der Waals surface area contributed by atoms with Crippen LogP contribution in [0.4, 0.5) is 5.69 Å². The maximum absolute atomic E-state index is 11.8. The lowest BCUT2D eigenvalue weighted by atomic mass is 9.95. The van der Waals surface area contributed by atoms with Crippen LogP contribution < -0.4 is 15.8 Å². The van der Waals surface area contributed by atoms with Crippen LogP contribution in [0.5, 0.6) is 5.75 Å². The van der Waals surface area contributed by atoms with Crippen molar-refractivity contribution in [2.75, 3.05) is 12.3 Å². The first-order valence-electron chi connectivity index (χ1n) is 6.62. The van der Waals surface area contributed by atoms with Gasteiger partial charge in [0.15, 0.2) is 6.61 Å². The molecule has 1 fully saturated rings. The number of hydrogen-bond acceptors (Lipinski definition) is 3. The summed E-state index contributed by atoms with van der Waals surface area (Å²) in [6.07, 6.45) is 5.83. The van der Waals surface area contributed by atoms with Gasteiger partial charge in [-0.3, -0.25) is 4.79 Å². The Kier molecular flexibility index (Phi) is 5.07. The molecule has 1 saturated carbocycles. The topological polar surface area (TPSA) is 64.3 Å². The standard InChI is InChI=1S/C14H19BrN2O2/c15-10-6-7-13(12(16)8-10)19-9-14(18)17-11-4-2-1-3-5-11/h6-8,11H,1-5,9,16H2,(H,17,18). The van der Waals surface area contributed by atoms with Gasteiger partial charge in [0, 0.05) is 10.5 Å². The first-order chi connectivity index (χ1) is 9.15. The zero-order valence-corrected chi connectivity index (χ0v) is 12.4. The molecular formula is C14H19BrN2O2.